The lowest BCUT2D eigenvalue weighted by Crippen LogP contribution is -2.39. The summed E-state index contributed by atoms with van der Waals surface area (Å²) >= 11 is 6.07. The highest BCUT2D eigenvalue weighted by Crippen LogP contribution is 2.16. The van der Waals surface area contributed by atoms with Crippen LogP contribution in [0.4, 0.5) is 5.69 Å². The molecule has 0 radical (unpaired) electrons. The Hall–Kier alpha value is -2.33. The molecule has 0 atom stereocenters. The SMILES string of the molecule is CCc1ccc(N(CC(=O)NCc2ccccc2Cl)C(C)=O)cc1. The summed E-state index contributed by atoms with van der Waals surface area (Å²) in [6, 6.07) is 15.0. The highest BCUT2D eigenvalue weighted by molar-refractivity contribution is 6.31. The summed E-state index contributed by atoms with van der Waals surface area (Å²) in [6.45, 7) is 3.83. The zero-order chi connectivity index (χ0) is 17.5. The molecule has 0 bridgehead atoms. The maximum absolute atomic E-state index is 12.2. The first-order chi connectivity index (χ1) is 11.5. The average Bonchev–Trinajstić information content (AvgIpc) is 2.59. The first-order valence-corrected chi connectivity index (χ1v) is 8.26. The van der Waals surface area contributed by atoms with Gasteiger partial charge in [0.1, 0.15) is 6.54 Å². The lowest BCUT2D eigenvalue weighted by molar-refractivity contribution is -0.123. The van der Waals surface area contributed by atoms with Crippen LogP contribution in [0.15, 0.2) is 48.5 Å². The molecular formula is C19H21ClN2O2. The predicted octanol–water partition coefficient (Wildman–Crippen LogP) is 3.57. The number of carbonyl (C=O) groups is 2. The number of rotatable bonds is 6. The molecule has 4 nitrogen and oxygen atoms in total. The van der Waals surface area contributed by atoms with Gasteiger partial charge in [0.05, 0.1) is 0 Å². The summed E-state index contributed by atoms with van der Waals surface area (Å²) < 4.78 is 0. The van der Waals surface area contributed by atoms with E-state index in [1.54, 1.807) is 6.07 Å². The van der Waals surface area contributed by atoms with Gasteiger partial charge in [-0.15, -0.1) is 0 Å². The van der Waals surface area contributed by atoms with E-state index in [0.29, 0.717) is 17.3 Å². The Morgan fingerprint density at radius 2 is 1.75 bits per heavy atom. The van der Waals surface area contributed by atoms with Gasteiger partial charge in [0.15, 0.2) is 0 Å². The van der Waals surface area contributed by atoms with E-state index in [-0.39, 0.29) is 18.4 Å². The molecule has 2 aromatic carbocycles. The van der Waals surface area contributed by atoms with E-state index < -0.39 is 0 Å². The fourth-order valence-electron chi connectivity index (χ4n) is 2.33. The van der Waals surface area contributed by atoms with Gasteiger partial charge in [0.2, 0.25) is 11.8 Å². The van der Waals surface area contributed by atoms with Crippen LogP contribution in [0.25, 0.3) is 0 Å². The molecule has 0 saturated heterocycles. The Labute approximate surface area is 147 Å². The molecule has 0 aliphatic carbocycles. The lowest BCUT2D eigenvalue weighted by atomic mass is 10.1. The number of halogens is 1. The van der Waals surface area contributed by atoms with Crippen molar-refractivity contribution in [3.8, 4) is 0 Å². The Kier molecular flexibility index (Phi) is 6.38. The van der Waals surface area contributed by atoms with E-state index in [9.17, 15) is 9.59 Å². The van der Waals surface area contributed by atoms with Crippen molar-refractivity contribution in [1.29, 1.82) is 0 Å². The van der Waals surface area contributed by atoms with Crippen LogP contribution in [0.1, 0.15) is 25.0 Å². The van der Waals surface area contributed by atoms with Crippen LogP contribution >= 0.6 is 11.6 Å². The molecule has 0 fully saturated rings. The van der Waals surface area contributed by atoms with Gasteiger partial charge in [0.25, 0.3) is 0 Å². The van der Waals surface area contributed by atoms with E-state index in [0.717, 1.165) is 12.0 Å². The molecule has 0 heterocycles. The Morgan fingerprint density at radius 1 is 1.08 bits per heavy atom. The number of nitrogens with one attached hydrogen (secondary N) is 1. The fraction of sp³-hybridized carbons (Fsp3) is 0.263. The number of aryl methyl sites for hydroxylation is 1. The molecule has 0 saturated carbocycles. The third kappa shape index (κ3) is 4.83. The average molecular weight is 345 g/mol. The third-order valence-electron chi connectivity index (χ3n) is 3.77. The molecule has 1 N–H and O–H groups in total. The second-order valence-corrected chi connectivity index (χ2v) is 5.90. The summed E-state index contributed by atoms with van der Waals surface area (Å²) in [4.78, 5) is 25.5. The maximum Gasteiger partial charge on any atom is 0.240 e. The zero-order valence-electron chi connectivity index (χ0n) is 13.9. The minimum atomic E-state index is -0.232. The van der Waals surface area contributed by atoms with E-state index in [2.05, 4.69) is 12.2 Å². The zero-order valence-corrected chi connectivity index (χ0v) is 14.6. The third-order valence-corrected chi connectivity index (χ3v) is 4.14. The van der Waals surface area contributed by atoms with Gasteiger partial charge in [0, 0.05) is 24.2 Å². The molecule has 0 aliphatic rings. The van der Waals surface area contributed by atoms with Crippen LogP contribution in [-0.4, -0.2) is 18.4 Å². The smallest absolute Gasteiger partial charge is 0.240 e. The van der Waals surface area contributed by atoms with E-state index >= 15 is 0 Å². The number of anilines is 1. The Bertz CT molecular complexity index is 714. The van der Waals surface area contributed by atoms with Crippen molar-refractivity contribution in [2.24, 2.45) is 0 Å². The summed E-state index contributed by atoms with van der Waals surface area (Å²) in [7, 11) is 0. The first-order valence-electron chi connectivity index (χ1n) is 7.88. The van der Waals surface area contributed by atoms with Gasteiger partial charge in [-0.2, -0.15) is 0 Å². The second kappa shape index (κ2) is 8.50. The van der Waals surface area contributed by atoms with Crippen LogP contribution in [-0.2, 0) is 22.6 Å². The van der Waals surface area contributed by atoms with E-state index in [1.165, 1.54) is 17.4 Å². The van der Waals surface area contributed by atoms with Gasteiger partial charge < -0.3 is 10.2 Å². The quantitative estimate of drug-likeness (QED) is 0.870. The number of amides is 2. The number of hydrogen-bond donors (Lipinski definition) is 1. The van der Waals surface area contributed by atoms with Gasteiger partial charge in [-0.1, -0.05) is 48.9 Å². The maximum atomic E-state index is 12.2. The molecule has 24 heavy (non-hydrogen) atoms. The number of benzene rings is 2. The van der Waals surface area contributed by atoms with Gasteiger partial charge >= 0.3 is 0 Å². The highest BCUT2D eigenvalue weighted by atomic mass is 35.5. The second-order valence-electron chi connectivity index (χ2n) is 5.49. The van der Waals surface area contributed by atoms with Crippen LogP contribution in [0, 0.1) is 0 Å². The highest BCUT2D eigenvalue weighted by Gasteiger charge is 2.15. The fourth-order valence-corrected chi connectivity index (χ4v) is 2.53. The standard InChI is InChI=1S/C19H21ClN2O2/c1-3-15-8-10-17(11-9-15)22(14(2)23)13-19(24)21-12-16-6-4-5-7-18(16)20/h4-11H,3,12-13H2,1-2H3,(H,21,24). The molecule has 126 valence electrons. The number of carbonyl (C=O) groups excluding carboxylic acids is 2. The normalized spacial score (nSPS) is 10.3. The minimum absolute atomic E-state index is 0.0226. The van der Waals surface area contributed by atoms with Crippen LogP contribution in [0.5, 0.6) is 0 Å². The largest absolute Gasteiger partial charge is 0.350 e. The topological polar surface area (TPSA) is 49.4 Å². The monoisotopic (exact) mass is 344 g/mol. The molecule has 2 aromatic rings. The Balaban J connectivity index is 2.00. The van der Waals surface area contributed by atoms with E-state index in [4.69, 9.17) is 11.6 Å². The van der Waals surface area contributed by atoms with Crippen molar-refractivity contribution in [3.63, 3.8) is 0 Å². The summed E-state index contributed by atoms with van der Waals surface area (Å²) in [5, 5.41) is 3.41. The minimum Gasteiger partial charge on any atom is -0.350 e. The van der Waals surface area contributed by atoms with Crippen molar-refractivity contribution < 1.29 is 9.59 Å². The molecule has 0 aliphatic heterocycles. The van der Waals surface area contributed by atoms with E-state index in [1.807, 2.05) is 42.5 Å². The van der Waals surface area contributed by atoms with Crippen LogP contribution in [0.2, 0.25) is 5.02 Å². The van der Waals surface area contributed by atoms with Crippen molar-refractivity contribution in [3.05, 3.63) is 64.7 Å². The van der Waals surface area contributed by atoms with Gasteiger partial charge in [-0.25, -0.2) is 0 Å². The van der Waals surface area contributed by atoms with Crippen molar-refractivity contribution in [1.82, 2.24) is 5.32 Å². The lowest BCUT2D eigenvalue weighted by Gasteiger charge is -2.21. The number of nitrogens with zero attached hydrogens (tertiary/aromatic N) is 1. The summed E-state index contributed by atoms with van der Waals surface area (Å²) in [5.41, 5.74) is 2.74. The summed E-state index contributed by atoms with van der Waals surface area (Å²) in [5.74, 6) is -0.406. The first kappa shape index (κ1) is 18.0. The van der Waals surface area contributed by atoms with Crippen molar-refractivity contribution in [2.45, 2.75) is 26.8 Å². The molecule has 0 unspecified atom stereocenters. The molecule has 2 rings (SSSR count). The predicted molar refractivity (Wildman–Crippen MR) is 97.1 cm³/mol. The molecular weight excluding hydrogens is 324 g/mol. The van der Waals surface area contributed by atoms with Crippen LogP contribution < -0.4 is 10.2 Å². The van der Waals surface area contributed by atoms with Crippen LogP contribution in [0.3, 0.4) is 0 Å². The Morgan fingerprint density at radius 3 is 2.33 bits per heavy atom. The molecule has 5 heteroatoms. The number of hydrogen-bond acceptors (Lipinski definition) is 2. The van der Waals surface area contributed by atoms with Gasteiger partial charge in [-0.05, 0) is 35.7 Å². The molecule has 0 spiro atoms. The van der Waals surface area contributed by atoms with Crippen molar-refractivity contribution in [2.75, 3.05) is 11.4 Å². The van der Waals surface area contributed by atoms with Crippen molar-refractivity contribution >= 4 is 29.1 Å². The molecule has 2 amide bonds. The summed E-state index contributed by atoms with van der Waals surface area (Å²) in [6.07, 6.45) is 0.929. The molecule has 0 aromatic heterocycles. The van der Waals surface area contributed by atoms with Gasteiger partial charge in [-0.3, -0.25) is 9.59 Å².